The summed E-state index contributed by atoms with van der Waals surface area (Å²) in [6, 6.07) is 0. The molecule has 3 heteroatoms. The highest BCUT2D eigenvalue weighted by molar-refractivity contribution is 7.13. The van der Waals surface area contributed by atoms with Crippen LogP contribution >= 0.6 is 11.3 Å². The Balaban J connectivity index is 3.38. The first kappa shape index (κ1) is 12.4. The third kappa shape index (κ3) is 2.28. The lowest BCUT2D eigenvalue weighted by Crippen LogP contribution is -2.09. The molecule has 86 valence electrons. The molecule has 2 nitrogen and oxygen atoms in total. The Labute approximate surface area is 95.6 Å². The molecule has 0 amide bonds. The summed E-state index contributed by atoms with van der Waals surface area (Å²) in [5.41, 5.74) is -0.258. The van der Waals surface area contributed by atoms with Crippen LogP contribution in [0.5, 0.6) is 11.5 Å². The maximum atomic E-state index is 9.88. The summed E-state index contributed by atoms with van der Waals surface area (Å²) in [6.45, 7) is 12.2. The number of rotatable bonds is 0. The van der Waals surface area contributed by atoms with Gasteiger partial charge in [-0.2, -0.15) is 0 Å². The highest BCUT2D eigenvalue weighted by Gasteiger charge is 2.30. The Morgan fingerprint density at radius 2 is 1.00 bits per heavy atom. The molecule has 1 heterocycles. The van der Waals surface area contributed by atoms with E-state index in [0.29, 0.717) is 0 Å². The van der Waals surface area contributed by atoms with E-state index in [1.807, 2.05) is 41.5 Å². The predicted molar refractivity (Wildman–Crippen MR) is 65.0 cm³/mol. The Kier molecular flexibility index (Phi) is 2.81. The van der Waals surface area contributed by atoms with Gasteiger partial charge in [0.2, 0.25) is 0 Å². The van der Waals surface area contributed by atoms with Gasteiger partial charge < -0.3 is 10.2 Å². The normalized spacial score (nSPS) is 13.2. The van der Waals surface area contributed by atoms with Gasteiger partial charge in [0.1, 0.15) is 0 Å². The van der Waals surface area contributed by atoms with Crippen molar-refractivity contribution in [2.45, 2.75) is 52.4 Å². The zero-order chi connectivity index (χ0) is 12.0. The second-order valence-electron chi connectivity index (χ2n) is 5.96. The predicted octanol–water partition coefficient (Wildman–Crippen LogP) is 3.75. The number of hydrogen-bond acceptors (Lipinski definition) is 3. The zero-order valence-corrected chi connectivity index (χ0v) is 11.1. The van der Waals surface area contributed by atoms with E-state index in [1.54, 1.807) is 0 Å². The van der Waals surface area contributed by atoms with Gasteiger partial charge in [-0.3, -0.25) is 0 Å². The molecule has 0 fully saturated rings. The van der Waals surface area contributed by atoms with Crippen molar-refractivity contribution in [3.63, 3.8) is 0 Å². The fourth-order valence-electron chi connectivity index (χ4n) is 1.43. The summed E-state index contributed by atoms with van der Waals surface area (Å²) >= 11 is 1.50. The molecule has 0 atom stereocenters. The first-order valence-electron chi connectivity index (χ1n) is 5.11. The summed E-state index contributed by atoms with van der Waals surface area (Å²) in [5.74, 6) is 0.106. The van der Waals surface area contributed by atoms with Crippen molar-refractivity contribution in [2.24, 2.45) is 0 Å². The van der Waals surface area contributed by atoms with Crippen LogP contribution in [0.25, 0.3) is 0 Å². The third-order valence-electron chi connectivity index (χ3n) is 2.22. The molecule has 0 aliphatic carbocycles. The summed E-state index contributed by atoms with van der Waals surface area (Å²) in [5, 5.41) is 19.8. The van der Waals surface area contributed by atoms with Crippen molar-refractivity contribution >= 4 is 11.3 Å². The summed E-state index contributed by atoms with van der Waals surface area (Å²) in [7, 11) is 0. The van der Waals surface area contributed by atoms with Gasteiger partial charge in [-0.05, 0) is 0 Å². The average Bonchev–Trinajstić information content (AvgIpc) is 2.26. The number of thiophene rings is 1. The first-order chi connectivity index (χ1) is 6.55. The number of hydrogen-bond donors (Lipinski definition) is 2. The van der Waals surface area contributed by atoms with Gasteiger partial charge in [-0.1, -0.05) is 41.5 Å². The molecule has 0 radical (unpaired) electrons. The third-order valence-corrected chi connectivity index (χ3v) is 4.24. The van der Waals surface area contributed by atoms with Gasteiger partial charge in [0, 0.05) is 10.8 Å². The maximum Gasteiger partial charge on any atom is 0.172 e. The van der Waals surface area contributed by atoms with E-state index >= 15 is 0 Å². The molecule has 0 unspecified atom stereocenters. The van der Waals surface area contributed by atoms with Crippen molar-refractivity contribution in [1.82, 2.24) is 0 Å². The molecular weight excluding hydrogens is 208 g/mol. The molecule has 0 spiro atoms. The topological polar surface area (TPSA) is 40.5 Å². The van der Waals surface area contributed by atoms with Crippen molar-refractivity contribution < 1.29 is 10.2 Å². The standard InChI is InChI=1S/C12H20O2S/c1-11(2,3)9-7(13)8(14)10(15-9)12(4,5)6/h13-14H,1-6H3. The van der Waals surface area contributed by atoms with E-state index in [4.69, 9.17) is 0 Å². The monoisotopic (exact) mass is 228 g/mol. The van der Waals surface area contributed by atoms with Crippen LogP contribution in [0.15, 0.2) is 0 Å². The van der Waals surface area contributed by atoms with Crippen LogP contribution < -0.4 is 0 Å². The second-order valence-corrected chi connectivity index (χ2v) is 6.98. The lowest BCUT2D eigenvalue weighted by Gasteiger charge is -2.17. The van der Waals surface area contributed by atoms with Crippen LogP contribution in [0.2, 0.25) is 0 Å². The molecule has 2 N–H and O–H groups in total. The van der Waals surface area contributed by atoms with Crippen molar-refractivity contribution in [1.29, 1.82) is 0 Å². The fraction of sp³-hybridized carbons (Fsp3) is 0.667. The van der Waals surface area contributed by atoms with Crippen LogP contribution in [0.1, 0.15) is 51.3 Å². The lowest BCUT2D eigenvalue weighted by molar-refractivity contribution is 0.386. The first-order valence-corrected chi connectivity index (χ1v) is 5.92. The molecule has 1 aromatic rings. The summed E-state index contributed by atoms with van der Waals surface area (Å²) < 4.78 is 0. The average molecular weight is 228 g/mol. The van der Waals surface area contributed by atoms with Gasteiger partial charge in [-0.25, -0.2) is 0 Å². The molecule has 1 rings (SSSR count). The van der Waals surface area contributed by atoms with E-state index in [1.165, 1.54) is 11.3 Å². The maximum absolute atomic E-state index is 9.88. The van der Waals surface area contributed by atoms with Gasteiger partial charge in [0.15, 0.2) is 11.5 Å². The van der Waals surface area contributed by atoms with Crippen LogP contribution in [-0.2, 0) is 10.8 Å². The summed E-state index contributed by atoms with van der Waals surface area (Å²) in [6.07, 6.45) is 0. The molecule has 0 bridgehead atoms. The van der Waals surface area contributed by atoms with Gasteiger partial charge in [0.05, 0.1) is 9.75 Å². The summed E-state index contributed by atoms with van der Waals surface area (Å²) in [4.78, 5) is 1.70. The van der Waals surface area contributed by atoms with Crippen molar-refractivity contribution in [2.75, 3.05) is 0 Å². The molecule has 0 aliphatic heterocycles. The second kappa shape index (κ2) is 3.41. The van der Waals surface area contributed by atoms with Crippen LogP contribution in [-0.4, -0.2) is 10.2 Å². The van der Waals surface area contributed by atoms with Gasteiger partial charge in [0.25, 0.3) is 0 Å². The molecule has 15 heavy (non-hydrogen) atoms. The van der Waals surface area contributed by atoms with Crippen LogP contribution in [0.4, 0.5) is 0 Å². The number of aromatic hydroxyl groups is 2. The smallest absolute Gasteiger partial charge is 0.172 e. The van der Waals surface area contributed by atoms with Gasteiger partial charge >= 0.3 is 0 Å². The van der Waals surface area contributed by atoms with E-state index in [0.717, 1.165) is 9.75 Å². The molecule has 0 saturated carbocycles. The SMILES string of the molecule is CC(C)(C)c1sc(C(C)(C)C)c(O)c1O. The highest BCUT2D eigenvalue weighted by Crippen LogP contribution is 2.50. The van der Waals surface area contributed by atoms with E-state index < -0.39 is 0 Å². The van der Waals surface area contributed by atoms with E-state index in [-0.39, 0.29) is 22.3 Å². The largest absolute Gasteiger partial charge is 0.503 e. The Morgan fingerprint density at radius 1 is 0.733 bits per heavy atom. The molecule has 0 saturated heterocycles. The van der Waals surface area contributed by atoms with Crippen LogP contribution in [0.3, 0.4) is 0 Å². The van der Waals surface area contributed by atoms with Crippen LogP contribution in [0, 0.1) is 0 Å². The lowest BCUT2D eigenvalue weighted by atomic mass is 9.92. The Hall–Kier alpha value is -0.700. The minimum absolute atomic E-state index is 0.0532. The molecule has 1 aromatic heterocycles. The van der Waals surface area contributed by atoms with Crippen molar-refractivity contribution in [3.8, 4) is 11.5 Å². The van der Waals surface area contributed by atoms with E-state index in [2.05, 4.69) is 0 Å². The Bertz CT molecular complexity index is 330. The van der Waals surface area contributed by atoms with E-state index in [9.17, 15) is 10.2 Å². The molecule has 0 aliphatic rings. The minimum atomic E-state index is -0.129. The minimum Gasteiger partial charge on any atom is -0.503 e. The van der Waals surface area contributed by atoms with Gasteiger partial charge in [-0.15, -0.1) is 11.3 Å². The Morgan fingerprint density at radius 3 is 1.13 bits per heavy atom. The highest BCUT2D eigenvalue weighted by atomic mass is 32.1. The molecule has 0 aromatic carbocycles. The quantitative estimate of drug-likeness (QED) is 0.710. The van der Waals surface area contributed by atoms with Crippen molar-refractivity contribution in [3.05, 3.63) is 9.75 Å². The fourth-order valence-corrected chi connectivity index (χ4v) is 2.63. The molecular formula is C12H20O2S. The zero-order valence-electron chi connectivity index (χ0n) is 10.3.